The van der Waals surface area contributed by atoms with Crippen molar-refractivity contribution in [1.82, 2.24) is 5.32 Å². The van der Waals surface area contributed by atoms with Crippen LogP contribution in [0.1, 0.15) is 36.8 Å². The summed E-state index contributed by atoms with van der Waals surface area (Å²) >= 11 is 8.26. The number of hydrogen-bond donors (Lipinski definition) is 1. The molecule has 1 unspecified atom stereocenters. The van der Waals surface area contributed by atoms with Crippen LogP contribution in [-0.2, 0) is 6.54 Å². The van der Waals surface area contributed by atoms with Crippen molar-refractivity contribution < 1.29 is 0 Å². The predicted molar refractivity (Wildman–Crippen MR) is 94.6 cm³/mol. The van der Waals surface area contributed by atoms with Crippen molar-refractivity contribution in [1.29, 1.82) is 0 Å². The first kappa shape index (κ1) is 16.3. The molecule has 0 aliphatic heterocycles. The van der Waals surface area contributed by atoms with Crippen molar-refractivity contribution >= 4 is 28.6 Å². The molecule has 0 saturated carbocycles. The number of benzene rings is 1. The number of nitrogens with one attached hydrogen (secondary N) is 1. The molecule has 114 valence electrons. The van der Waals surface area contributed by atoms with E-state index < -0.39 is 0 Å². The molecule has 0 amide bonds. The zero-order valence-corrected chi connectivity index (χ0v) is 14.5. The molecule has 0 aliphatic rings. The maximum Gasteiger partial charge on any atom is 0.0643 e. The molecule has 1 heterocycles. The molecule has 21 heavy (non-hydrogen) atoms. The van der Waals surface area contributed by atoms with Crippen LogP contribution in [0.15, 0.2) is 35.7 Å². The van der Waals surface area contributed by atoms with E-state index in [1.165, 1.54) is 10.4 Å². The quantitative estimate of drug-likeness (QED) is 0.713. The fraction of sp³-hybridized carbons (Fsp3) is 0.412. The number of nitrogens with zero attached hydrogens (tertiary/aromatic N) is 1. The summed E-state index contributed by atoms with van der Waals surface area (Å²) in [6.07, 6.45) is 1.14. The summed E-state index contributed by atoms with van der Waals surface area (Å²) in [4.78, 5) is 3.63. The third-order valence-corrected chi connectivity index (χ3v) is 5.05. The van der Waals surface area contributed by atoms with E-state index in [-0.39, 0.29) is 0 Å². The van der Waals surface area contributed by atoms with E-state index in [0.29, 0.717) is 6.04 Å². The highest BCUT2D eigenvalue weighted by Gasteiger charge is 2.18. The first-order valence-electron chi connectivity index (χ1n) is 7.39. The van der Waals surface area contributed by atoms with Crippen molar-refractivity contribution in [2.45, 2.75) is 32.9 Å². The van der Waals surface area contributed by atoms with Crippen LogP contribution in [0.3, 0.4) is 0 Å². The summed E-state index contributed by atoms with van der Waals surface area (Å²) in [5.74, 6) is 0. The van der Waals surface area contributed by atoms with Gasteiger partial charge in [0.25, 0.3) is 0 Å². The standard InChI is InChI=1S/C17H23ClN2S/c1-4-10-19-12-14-7-5-8-15(18)17(14)20(3)13(2)16-9-6-11-21-16/h5-9,11,13,19H,4,10,12H2,1-3H3. The van der Waals surface area contributed by atoms with Gasteiger partial charge < -0.3 is 10.2 Å². The summed E-state index contributed by atoms with van der Waals surface area (Å²) in [6, 6.07) is 10.7. The molecule has 1 atom stereocenters. The van der Waals surface area contributed by atoms with E-state index in [1.807, 2.05) is 12.1 Å². The molecule has 0 fully saturated rings. The number of anilines is 1. The normalized spacial score (nSPS) is 12.4. The van der Waals surface area contributed by atoms with E-state index in [2.05, 4.69) is 54.7 Å². The Morgan fingerprint density at radius 3 is 2.76 bits per heavy atom. The lowest BCUT2D eigenvalue weighted by molar-refractivity contribution is 0.669. The Kier molecular flexibility index (Phi) is 6.09. The fourth-order valence-corrected chi connectivity index (χ4v) is 3.56. The van der Waals surface area contributed by atoms with Crippen LogP contribution in [0.25, 0.3) is 0 Å². The van der Waals surface area contributed by atoms with Gasteiger partial charge in [-0.05, 0) is 43.0 Å². The van der Waals surface area contributed by atoms with Crippen molar-refractivity contribution in [3.63, 3.8) is 0 Å². The van der Waals surface area contributed by atoms with Crippen molar-refractivity contribution in [3.05, 3.63) is 51.2 Å². The van der Waals surface area contributed by atoms with Gasteiger partial charge in [-0.2, -0.15) is 0 Å². The minimum Gasteiger partial charge on any atom is -0.366 e. The lowest BCUT2D eigenvalue weighted by Gasteiger charge is -2.29. The van der Waals surface area contributed by atoms with Crippen LogP contribution in [0.5, 0.6) is 0 Å². The Morgan fingerprint density at radius 2 is 2.10 bits per heavy atom. The largest absolute Gasteiger partial charge is 0.366 e. The highest BCUT2D eigenvalue weighted by Crippen LogP contribution is 2.35. The lowest BCUT2D eigenvalue weighted by atomic mass is 10.1. The summed E-state index contributed by atoms with van der Waals surface area (Å²) in [5.41, 5.74) is 2.38. The number of halogens is 1. The van der Waals surface area contributed by atoms with Crippen molar-refractivity contribution in [2.24, 2.45) is 0 Å². The first-order chi connectivity index (χ1) is 10.1. The first-order valence-corrected chi connectivity index (χ1v) is 8.65. The van der Waals surface area contributed by atoms with Gasteiger partial charge in [-0.25, -0.2) is 0 Å². The van der Waals surface area contributed by atoms with Gasteiger partial charge in [0.15, 0.2) is 0 Å². The van der Waals surface area contributed by atoms with Gasteiger partial charge in [-0.1, -0.05) is 36.7 Å². The smallest absolute Gasteiger partial charge is 0.0643 e. The van der Waals surface area contributed by atoms with Gasteiger partial charge in [-0.15, -0.1) is 11.3 Å². The van der Waals surface area contributed by atoms with Crippen LogP contribution in [-0.4, -0.2) is 13.6 Å². The molecule has 0 saturated heterocycles. The van der Waals surface area contributed by atoms with Gasteiger partial charge in [0, 0.05) is 18.5 Å². The molecule has 2 nitrogen and oxygen atoms in total. The molecule has 0 radical (unpaired) electrons. The second-order valence-corrected chi connectivity index (χ2v) is 6.61. The molecule has 0 aliphatic carbocycles. The summed E-state index contributed by atoms with van der Waals surface area (Å²) in [5, 5.41) is 6.40. The topological polar surface area (TPSA) is 15.3 Å². The van der Waals surface area contributed by atoms with Crippen LogP contribution >= 0.6 is 22.9 Å². The monoisotopic (exact) mass is 322 g/mol. The number of hydrogen-bond acceptors (Lipinski definition) is 3. The summed E-state index contributed by atoms with van der Waals surface area (Å²) in [7, 11) is 2.12. The van der Waals surface area contributed by atoms with Crippen LogP contribution in [0, 0.1) is 0 Å². The molecular formula is C17H23ClN2S. The Hall–Kier alpha value is -1.03. The summed E-state index contributed by atoms with van der Waals surface area (Å²) in [6.45, 7) is 6.27. The van der Waals surface area contributed by atoms with Crippen molar-refractivity contribution in [2.75, 3.05) is 18.5 Å². The minimum atomic E-state index is 0.315. The molecule has 2 rings (SSSR count). The molecular weight excluding hydrogens is 300 g/mol. The molecule has 2 aromatic rings. The van der Waals surface area contributed by atoms with Crippen molar-refractivity contribution in [3.8, 4) is 0 Å². The van der Waals surface area contributed by atoms with Gasteiger partial charge in [0.2, 0.25) is 0 Å². The average Bonchev–Trinajstić information content (AvgIpc) is 3.00. The Bertz CT molecular complexity index is 554. The maximum atomic E-state index is 6.48. The van der Waals surface area contributed by atoms with Crippen LogP contribution in [0.4, 0.5) is 5.69 Å². The van der Waals surface area contributed by atoms with E-state index in [9.17, 15) is 0 Å². The molecule has 4 heteroatoms. The highest BCUT2D eigenvalue weighted by atomic mass is 35.5. The van der Waals surface area contributed by atoms with Gasteiger partial charge in [0.05, 0.1) is 16.8 Å². The van der Waals surface area contributed by atoms with E-state index in [1.54, 1.807) is 11.3 Å². The molecule has 0 spiro atoms. The average molecular weight is 323 g/mol. The lowest BCUT2D eigenvalue weighted by Crippen LogP contribution is -2.24. The van der Waals surface area contributed by atoms with Crippen LogP contribution in [0.2, 0.25) is 5.02 Å². The predicted octanol–water partition coefficient (Wildman–Crippen LogP) is 5.10. The molecule has 0 bridgehead atoms. The minimum absolute atomic E-state index is 0.315. The molecule has 1 aromatic carbocycles. The van der Waals surface area contributed by atoms with E-state index in [4.69, 9.17) is 11.6 Å². The Labute approximate surface area is 136 Å². The number of para-hydroxylation sites is 1. The Morgan fingerprint density at radius 1 is 1.29 bits per heavy atom. The van der Waals surface area contributed by atoms with E-state index in [0.717, 1.165) is 30.2 Å². The Balaban J connectivity index is 2.24. The second-order valence-electron chi connectivity index (χ2n) is 5.23. The summed E-state index contributed by atoms with van der Waals surface area (Å²) < 4.78 is 0. The fourth-order valence-electron chi connectivity index (χ4n) is 2.41. The van der Waals surface area contributed by atoms with Gasteiger partial charge in [-0.3, -0.25) is 0 Å². The van der Waals surface area contributed by atoms with E-state index >= 15 is 0 Å². The SMILES string of the molecule is CCCNCc1cccc(Cl)c1N(C)C(C)c1cccs1. The number of rotatable bonds is 7. The molecule has 1 aromatic heterocycles. The zero-order chi connectivity index (χ0) is 15.2. The third kappa shape index (κ3) is 4.00. The zero-order valence-electron chi connectivity index (χ0n) is 12.9. The molecule has 1 N–H and O–H groups in total. The van der Waals surface area contributed by atoms with Gasteiger partial charge in [0.1, 0.15) is 0 Å². The number of thiophene rings is 1. The highest BCUT2D eigenvalue weighted by molar-refractivity contribution is 7.10. The second kappa shape index (κ2) is 7.83. The van der Waals surface area contributed by atoms with Crippen LogP contribution < -0.4 is 10.2 Å². The third-order valence-electron chi connectivity index (χ3n) is 3.70. The maximum absolute atomic E-state index is 6.48. The van der Waals surface area contributed by atoms with Gasteiger partial charge >= 0.3 is 0 Å².